The normalized spacial score (nSPS) is 22.8. The summed E-state index contributed by atoms with van der Waals surface area (Å²) in [5.41, 5.74) is 6.09. The van der Waals surface area contributed by atoms with Crippen LogP contribution in [-0.2, 0) is 10.3 Å². The summed E-state index contributed by atoms with van der Waals surface area (Å²) >= 11 is 1.47. The Morgan fingerprint density at radius 2 is 2.32 bits per heavy atom. The van der Waals surface area contributed by atoms with Crippen molar-refractivity contribution in [3.8, 4) is 0 Å². The Morgan fingerprint density at radius 3 is 2.95 bits per heavy atom. The number of carbonyl (C=O) groups excluding carboxylic acids is 1. The average molecular weight is 281 g/mol. The van der Waals surface area contributed by atoms with Crippen LogP contribution in [0.2, 0.25) is 0 Å². The van der Waals surface area contributed by atoms with Gasteiger partial charge in [-0.05, 0) is 31.5 Å². The predicted molar refractivity (Wildman–Crippen MR) is 76.8 cm³/mol. The molecule has 0 spiro atoms. The fourth-order valence-corrected chi connectivity index (χ4v) is 3.07. The van der Waals surface area contributed by atoms with E-state index in [1.165, 1.54) is 30.8 Å². The van der Waals surface area contributed by atoms with Crippen molar-refractivity contribution in [2.24, 2.45) is 10.7 Å². The number of thioether (sulfide) groups is 1. The minimum absolute atomic E-state index is 0.190. The Bertz CT molecular complexity index is 547. The molecule has 3 N–H and O–H groups in total. The highest BCUT2D eigenvalue weighted by Gasteiger charge is 2.32. The van der Waals surface area contributed by atoms with Gasteiger partial charge < -0.3 is 11.1 Å². The van der Waals surface area contributed by atoms with Crippen molar-refractivity contribution in [1.29, 1.82) is 0 Å². The molecule has 19 heavy (non-hydrogen) atoms. The number of aliphatic imine (C=N–C) groups is 1. The second kappa shape index (κ2) is 5.21. The van der Waals surface area contributed by atoms with E-state index in [-0.39, 0.29) is 11.7 Å². The van der Waals surface area contributed by atoms with Gasteiger partial charge in [0.05, 0.1) is 5.54 Å². The molecule has 1 aromatic rings. The zero-order chi connectivity index (χ0) is 14.0. The molecule has 1 atom stereocenters. The fourth-order valence-electron chi connectivity index (χ4n) is 2.10. The van der Waals surface area contributed by atoms with E-state index in [2.05, 4.69) is 10.3 Å². The van der Waals surface area contributed by atoms with Crippen molar-refractivity contribution in [1.82, 2.24) is 0 Å². The number of nitrogens with zero attached hydrogens (tertiary/aromatic N) is 1. The van der Waals surface area contributed by atoms with Crippen LogP contribution < -0.4 is 11.1 Å². The van der Waals surface area contributed by atoms with Crippen LogP contribution in [0.15, 0.2) is 23.2 Å². The summed E-state index contributed by atoms with van der Waals surface area (Å²) in [6.45, 7) is 3.27. The number of amidine groups is 1. The molecule has 0 fully saturated rings. The zero-order valence-corrected chi connectivity index (χ0v) is 11.7. The summed E-state index contributed by atoms with van der Waals surface area (Å²) in [7, 11) is 0. The molecular weight excluding hydrogens is 265 g/mol. The summed E-state index contributed by atoms with van der Waals surface area (Å²) in [6, 6.07) is 4.51. The smallest absolute Gasteiger partial charge is 0.221 e. The predicted octanol–water partition coefficient (Wildman–Crippen LogP) is 2.45. The number of benzene rings is 1. The van der Waals surface area contributed by atoms with Crippen molar-refractivity contribution >= 4 is 28.5 Å². The van der Waals surface area contributed by atoms with Crippen LogP contribution in [0.3, 0.4) is 0 Å². The van der Waals surface area contributed by atoms with Crippen molar-refractivity contribution in [3.63, 3.8) is 0 Å². The molecule has 0 saturated heterocycles. The van der Waals surface area contributed by atoms with Gasteiger partial charge in [-0.1, -0.05) is 11.8 Å². The lowest BCUT2D eigenvalue weighted by atomic mass is 9.89. The summed E-state index contributed by atoms with van der Waals surface area (Å²) in [6.07, 6.45) is 0.707. The Balaban J connectivity index is 2.43. The van der Waals surface area contributed by atoms with Gasteiger partial charge in [-0.15, -0.1) is 0 Å². The minimum atomic E-state index is -0.673. The maximum atomic E-state index is 14.0. The lowest BCUT2D eigenvalue weighted by molar-refractivity contribution is -0.114. The molecule has 102 valence electrons. The van der Waals surface area contributed by atoms with E-state index in [9.17, 15) is 9.18 Å². The van der Waals surface area contributed by atoms with E-state index in [1.54, 1.807) is 6.07 Å². The monoisotopic (exact) mass is 281 g/mol. The van der Waals surface area contributed by atoms with Crippen LogP contribution in [0.4, 0.5) is 10.1 Å². The summed E-state index contributed by atoms with van der Waals surface area (Å²) < 4.78 is 14.0. The third-order valence-electron chi connectivity index (χ3n) is 3.06. The third kappa shape index (κ3) is 3.07. The first kappa shape index (κ1) is 13.9. The molecule has 1 aliphatic rings. The first-order valence-electron chi connectivity index (χ1n) is 5.96. The number of carbonyl (C=O) groups is 1. The number of halogens is 1. The standard InChI is InChI=1S/C13H16FN3OS/c1-8(18)16-9-3-4-11(14)10(7-9)13(2)5-6-19-12(15)17-13/h3-4,7H,5-6H2,1-2H3,(H2,15,17)(H,16,18). The van der Waals surface area contributed by atoms with Crippen LogP contribution in [0.5, 0.6) is 0 Å². The number of amides is 1. The van der Waals surface area contributed by atoms with E-state index in [1.807, 2.05) is 6.92 Å². The van der Waals surface area contributed by atoms with Crippen molar-refractivity contribution in [2.45, 2.75) is 25.8 Å². The van der Waals surface area contributed by atoms with Crippen LogP contribution in [0.1, 0.15) is 25.8 Å². The van der Waals surface area contributed by atoms with Gasteiger partial charge in [0, 0.05) is 23.9 Å². The fraction of sp³-hybridized carbons (Fsp3) is 0.385. The second-order valence-corrected chi connectivity index (χ2v) is 5.81. The Morgan fingerprint density at radius 1 is 1.58 bits per heavy atom. The maximum Gasteiger partial charge on any atom is 0.221 e. The Hall–Kier alpha value is -1.56. The van der Waals surface area contributed by atoms with Gasteiger partial charge in [0.2, 0.25) is 5.91 Å². The van der Waals surface area contributed by atoms with Gasteiger partial charge in [-0.3, -0.25) is 9.79 Å². The number of nitrogens with one attached hydrogen (secondary N) is 1. The highest BCUT2D eigenvalue weighted by Crippen LogP contribution is 2.37. The number of hydrogen-bond donors (Lipinski definition) is 2. The molecule has 6 heteroatoms. The number of rotatable bonds is 2. The molecule has 1 amide bonds. The topological polar surface area (TPSA) is 67.5 Å². The molecule has 0 saturated carbocycles. The number of hydrogen-bond acceptors (Lipinski definition) is 4. The quantitative estimate of drug-likeness (QED) is 0.875. The maximum absolute atomic E-state index is 14.0. The van der Waals surface area contributed by atoms with Crippen LogP contribution in [-0.4, -0.2) is 16.8 Å². The highest BCUT2D eigenvalue weighted by molar-refractivity contribution is 8.13. The molecule has 1 aromatic carbocycles. The van der Waals surface area contributed by atoms with Crippen molar-refractivity contribution < 1.29 is 9.18 Å². The van der Waals surface area contributed by atoms with Crippen molar-refractivity contribution in [3.05, 3.63) is 29.6 Å². The molecule has 0 radical (unpaired) electrons. The van der Waals surface area contributed by atoms with E-state index in [4.69, 9.17) is 5.73 Å². The second-order valence-electron chi connectivity index (χ2n) is 4.70. The van der Waals surface area contributed by atoms with Gasteiger partial charge in [-0.25, -0.2) is 4.39 Å². The summed E-state index contributed by atoms with van der Waals surface area (Å²) in [4.78, 5) is 15.4. The van der Waals surface area contributed by atoms with Crippen LogP contribution in [0.25, 0.3) is 0 Å². The van der Waals surface area contributed by atoms with Crippen LogP contribution >= 0.6 is 11.8 Å². The lowest BCUT2D eigenvalue weighted by Crippen LogP contribution is -2.29. The number of anilines is 1. The summed E-state index contributed by atoms with van der Waals surface area (Å²) in [5.74, 6) is 0.278. The molecule has 4 nitrogen and oxygen atoms in total. The first-order chi connectivity index (χ1) is 8.90. The van der Waals surface area contributed by atoms with E-state index in [0.717, 1.165) is 5.75 Å². The third-order valence-corrected chi connectivity index (χ3v) is 3.86. The average Bonchev–Trinajstić information content (AvgIpc) is 2.30. The first-order valence-corrected chi connectivity index (χ1v) is 6.95. The molecule has 1 aliphatic heterocycles. The van der Waals surface area contributed by atoms with Crippen LogP contribution in [0, 0.1) is 5.82 Å². The molecule has 0 aliphatic carbocycles. The molecule has 0 aromatic heterocycles. The van der Waals surface area contributed by atoms with Gasteiger partial charge in [0.25, 0.3) is 0 Å². The highest BCUT2D eigenvalue weighted by atomic mass is 32.2. The van der Waals surface area contributed by atoms with Gasteiger partial charge >= 0.3 is 0 Å². The zero-order valence-electron chi connectivity index (χ0n) is 10.9. The molecule has 1 heterocycles. The SMILES string of the molecule is CC(=O)Nc1ccc(F)c(C2(C)CCSC(N)=N2)c1. The molecule has 2 rings (SSSR count). The molecular formula is C13H16FN3OS. The van der Waals surface area contributed by atoms with E-state index >= 15 is 0 Å². The van der Waals surface area contributed by atoms with Gasteiger partial charge in [0.1, 0.15) is 5.82 Å². The van der Waals surface area contributed by atoms with E-state index in [0.29, 0.717) is 22.8 Å². The Kier molecular flexibility index (Phi) is 3.80. The summed E-state index contributed by atoms with van der Waals surface area (Å²) in [5, 5.41) is 3.12. The van der Waals surface area contributed by atoms with E-state index < -0.39 is 5.54 Å². The molecule has 0 bridgehead atoms. The Labute approximate surface area is 115 Å². The number of nitrogens with two attached hydrogens (primary N) is 1. The largest absolute Gasteiger partial charge is 0.379 e. The van der Waals surface area contributed by atoms with Crippen molar-refractivity contribution in [2.75, 3.05) is 11.1 Å². The lowest BCUT2D eigenvalue weighted by Gasteiger charge is -2.30. The van der Waals surface area contributed by atoms with Gasteiger partial charge in [-0.2, -0.15) is 0 Å². The minimum Gasteiger partial charge on any atom is -0.379 e. The molecule has 1 unspecified atom stereocenters. The van der Waals surface area contributed by atoms with Gasteiger partial charge in [0.15, 0.2) is 5.17 Å².